The van der Waals surface area contributed by atoms with Crippen LogP contribution in [0.25, 0.3) is 11.3 Å². The summed E-state index contributed by atoms with van der Waals surface area (Å²) in [6.07, 6.45) is 2.52. The Hall–Kier alpha value is -2.78. The minimum Gasteiger partial charge on any atom is -0.497 e. The van der Waals surface area contributed by atoms with Gasteiger partial charge in [0, 0.05) is 44.4 Å². The van der Waals surface area contributed by atoms with Crippen LogP contribution in [0.2, 0.25) is 0 Å². The van der Waals surface area contributed by atoms with E-state index in [4.69, 9.17) is 14.7 Å². The first-order valence-electron chi connectivity index (χ1n) is 9.98. The van der Waals surface area contributed by atoms with E-state index in [-0.39, 0.29) is 0 Å². The number of anilines is 1. The molecule has 1 aliphatic rings. The van der Waals surface area contributed by atoms with E-state index in [1.807, 2.05) is 30.3 Å². The van der Waals surface area contributed by atoms with Gasteiger partial charge in [-0.3, -0.25) is 0 Å². The molecule has 30 heavy (non-hydrogen) atoms. The normalized spacial score (nSPS) is 14.7. The summed E-state index contributed by atoms with van der Waals surface area (Å²) in [4.78, 5) is 27.6. The van der Waals surface area contributed by atoms with E-state index in [9.17, 15) is 0 Å². The molecule has 1 fully saturated rings. The smallest absolute Gasteiger partial charge is 0.229 e. The zero-order valence-corrected chi connectivity index (χ0v) is 18.3. The van der Waals surface area contributed by atoms with E-state index in [0.29, 0.717) is 10.3 Å². The fraction of sp³-hybridized carbons (Fsp3) is 0.381. The molecular formula is C21H25N7OS. The molecule has 0 N–H and O–H groups in total. The van der Waals surface area contributed by atoms with Crippen LogP contribution in [-0.2, 0) is 6.42 Å². The van der Waals surface area contributed by atoms with Crippen LogP contribution in [0.4, 0.5) is 5.95 Å². The van der Waals surface area contributed by atoms with Crippen molar-refractivity contribution in [3.8, 4) is 17.0 Å². The molecule has 0 amide bonds. The Morgan fingerprint density at radius 1 is 0.933 bits per heavy atom. The third-order valence-electron chi connectivity index (χ3n) is 4.95. The number of rotatable bonds is 6. The third kappa shape index (κ3) is 4.85. The van der Waals surface area contributed by atoms with E-state index < -0.39 is 0 Å². The third-order valence-corrected chi connectivity index (χ3v) is 5.70. The predicted molar refractivity (Wildman–Crippen MR) is 117 cm³/mol. The van der Waals surface area contributed by atoms with Crippen molar-refractivity contribution in [2.45, 2.75) is 23.7 Å². The molecule has 156 valence electrons. The number of aromatic nitrogens is 5. The van der Waals surface area contributed by atoms with Gasteiger partial charge >= 0.3 is 0 Å². The number of ether oxygens (including phenoxy) is 1. The van der Waals surface area contributed by atoms with Crippen LogP contribution in [0.15, 0.2) is 46.8 Å². The maximum atomic E-state index is 5.23. The van der Waals surface area contributed by atoms with Gasteiger partial charge in [0.25, 0.3) is 0 Å². The van der Waals surface area contributed by atoms with Crippen molar-refractivity contribution in [2.24, 2.45) is 0 Å². The average molecular weight is 424 g/mol. The number of nitrogens with zero attached hydrogens (tertiary/aromatic N) is 7. The van der Waals surface area contributed by atoms with Crippen molar-refractivity contribution in [3.05, 3.63) is 42.4 Å². The van der Waals surface area contributed by atoms with Gasteiger partial charge < -0.3 is 14.5 Å². The summed E-state index contributed by atoms with van der Waals surface area (Å²) in [6, 6.07) is 9.71. The minimum absolute atomic E-state index is 0.612. The van der Waals surface area contributed by atoms with E-state index in [0.717, 1.165) is 61.4 Å². The van der Waals surface area contributed by atoms with Gasteiger partial charge in [0.1, 0.15) is 11.6 Å². The Labute approximate surface area is 180 Å². The number of benzene rings is 1. The van der Waals surface area contributed by atoms with E-state index >= 15 is 0 Å². The highest BCUT2D eigenvalue weighted by atomic mass is 32.2. The molecular weight excluding hydrogens is 398 g/mol. The largest absolute Gasteiger partial charge is 0.497 e. The lowest BCUT2D eigenvalue weighted by Gasteiger charge is -2.32. The van der Waals surface area contributed by atoms with Crippen LogP contribution < -0.4 is 9.64 Å². The predicted octanol–water partition coefficient (Wildman–Crippen LogP) is 2.80. The van der Waals surface area contributed by atoms with Gasteiger partial charge in [0.2, 0.25) is 11.1 Å². The molecule has 1 aliphatic heterocycles. The van der Waals surface area contributed by atoms with Gasteiger partial charge in [-0.15, -0.1) is 0 Å². The van der Waals surface area contributed by atoms with E-state index in [2.05, 4.69) is 38.7 Å². The summed E-state index contributed by atoms with van der Waals surface area (Å²) in [5, 5.41) is 1.24. The number of hydrogen-bond donors (Lipinski definition) is 0. The molecule has 0 saturated carbocycles. The van der Waals surface area contributed by atoms with Crippen molar-refractivity contribution in [1.82, 2.24) is 29.8 Å². The van der Waals surface area contributed by atoms with Gasteiger partial charge in [-0.1, -0.05) is 6.92 Å². The van der Waals surface area contributed by atoms with Crippen molar-refractivity contribution >= 4 is 17.7 Å². The Morgan fingerprint density at radius 2 is 1.70 bits per heavy atom. The molecule has 0 atom stereocenters. The molecule has 9 heteroatoms. The second-order valence-corrected chi connectivity index (χ2v) is 7.97. The van der Waals surface area contributed by atoms with Crippen LogP contribution in [0.3, 0.4) is 0 Å². The van der Waals surface area contributed by atoms with Gasteiger partial charge in [-0.05, 0) is 49.1 Å². The molecule has 1 saturated heterocycles. The van der Waals surface area contributed by atoms with Gasteiger partial charge in [0.15, 0.2) is 5.16 Å². The molecule has 4 rings (SSSR count). The topological polar surface area (TPSA) is 80.2 Å². The first kappa shape index (κ1) is 20.5. The fourth-order valence-corrected chi connectivity index (χ4v) is 3.83. The molecule has 0 radical (unpaired) electrons. The second-order valence-electron chi connectivity index (χ2n) is 7.03. The fourth-order valence-electron chi connectivity index (χ4n) is 3.13. The number of likely N-dealkylation sites (N-methyl/N-ethyl adjacent to an activating group) is 1. The highest BCUT2D eigenvalue weighted by Crippen LogP contribution is 2.26. The SMILES string of the molecule is CCc1nc(Sc2nccc(-c3ccc(OC)cc3)n2)nc(N2CCN(C)CC2)n1. The summed E-state index contributed by atoms with van der Waals surface area (Å²) in [7, 11) is 3.79. The van der Waals surface area contributed by atoms with Crippen molar-refractivity contribution < 1.29 is 4.74 Å². The first-order valence-corrected chi connectivity index (χ1v) is 10.8. The Morgan fingerprint density at radius 3 is 2.40 bits per heavy atom. The molecule has 0 spiro atoms. The summed E-state index contributed by atoms with van der Waals surface area (Å²) >= 11 is 1.37. The minimum atomic E-state index is 0.612. The van der Waals surface area contributed by atoms with Crippen LogP contribution in [0, 0.1) is 0 Å². The monoisotopic (exact) mass is 423 g/mol. The lowest BCUT2D eigenvalue weighted by molar-refractivity contribution is 0.310. The number of piperazine rings is 1. The zero-order valence-electron chi connectivity index (χ0n) is 17.4. The van der Waals surface area contributed by atoms with Crippen LogP contribution in [0.1, 0.15) is 12.7 Å². The maximum absolute atomic E-state index is 5.23. The van der Waals surface area contributed by atoms with Crippen molar-refractivity contribution in [1.29, 1.82) is 0 Å². The molecule has 8 nitrogen and oxygen atoms in total. The zero-order chi connectivity index (χ0) is 20.9. The summed E-state index contributed by atoms with van der Waals surface area (Å²) in [5.41, 5.74) is 1.85. The summed E-state index contributed by atoms with van der Waals surface area (Å²) in [6.45, 7) is 5.89. The van der Waals surface area contributed by atoms with Gasteiger partial charge in [-0.25, -0.2) is 15.0 Å². The molecule has 0 aliphatic carbocycles. The molecule has 1 aromatic carbocycles. The van der Waals surface area contributed by atoms with Gasteiger partial charge in [0.05, 0.1) is 12.8 Å². The van der Waals surface area contributed by atoms with E-state index in [1.165, 1.54) is 11.8 Å². The van der Waals surface area contributed by atoms with Crippen LogP contribution in [0.5, 0.6) is 5.75 Å². The van der Waals surface area contributed by atoms with Crippen molar-refractivity contribution in [2.75, 3.05) is 45.2 Å². The number of aryl methyl sites for hydroxylation is 1. The molecule has 2 aromatic heterocycles. The highest BCUT2D eigenvalue weighted by Gasteiger charge is 2.19. The highest BCUT2D eigenvalue weighted by molar-refractivity contribution is 7.99. The van der Waals surface area contributed by atoms with Gasteiger partial charge in [-0.2, -0.15) is 9.97 Å². The first-order chi connectivity index (χ1) is 14.6. The Kier molecular flexibility index (Phi) is 6.39. The summed E-state index contributed by atoms with van der Waals surface area (Å²) < 4.78 is 5.23. The standard InChI is InChI=1S/C21H25N7OS/c1-4-18-24-19(28-13-11-27(2)12-14-28)26-21(25-18)30-20-22-10-9-17(23-20)15-5-7-16(29-3)8-6-15/h5-10H,4,11-14H2,1-3H3. The Balaban J connectivity index is 1.57. The molecule has 0 unspecified atom stereocenters. The maximum Gasteiger partial charge on any atom is 0.229 e. The number of hydrogen-bond acceptors (Lipinski definition) is 9. The second kappa shape index (κ2) is 9.36. The van der Waals surface area contributed by atoms with Crippen LogP contribution >= 0.6 is 11.8 Å². The average Bonchev–Trinajstić information content (AvgIpc) is 2.79. The molecule has 3 aromatic rings. The quantitative estimate of drug-likeness (QED) is 0.556. The molecule has 0 bridgehead atoms. The van der Waals surface area contributed by atoms with Crippen molar-refractivity contribution in [3.63, 3.8) is 0 Å². The summed E-state index contributed by atoms with van der Waals surface area (Å²) in [5.74, 6) is 2.34. The Bertz CT molecular complexity index is 991. The lowest BCUT2D eigenvalue weighted by atomic mass is 10.1. The molecule has 3 heterocycles. The number of methoxy groups -OCH3 is 1. The lowest BCUT2D eigenvalue weighted by Crippen LogP contribution is -2.45. The van der Waals surface area contributed by atoms with Crippen LogP contribution in [-0.4, -0.2) is 70.2 Å². The van der Waals surface area contributed by atoms with E-state index in [1.54, 1.807) is 13.3 Å².